The zero-order valence-electron chi connectivity index (χ0n) is 21.5. The molecule has 0 saturated carbocycles. The van der Waals surface area contributed by atoms with Crippen LogP contribution >= 0.6 is 0 Å². The number of benzene rings is 2. The monoisotopic (exact) mass is 497 g/mol. The number of rotatable bonds is 10. The summed E-state index contributed by atoms with van der Waals surface area (Å²) in [6, 6.07) is 14.9. The van der Waals surface area contributed by atoms with Crippen LogP contribution in [-0.2, 0) is 32.1 Å². The maximum absolute atomic E-state index is 12.9. The van der Waals surface area contributed by atoms with Gasteiger partial charge in [0, 0.05) is 33.5 Å². The first-order chi connectivity index (χ1) is 16.9. The predicted octanol–water partition coefficient (Wildman–Crippen LogP) is 3.07. The second-order valence-corrected chi connectivity index (χ2v) is 9.39. The number of alkyl carbamates (subject to hydrolysis) is 1. The zero-order valence-corrected chi connectivity index (χ0v) is 21.5. The zero-order chi connectivity index (χ0) is 26.7. The number of amides is 3. The number of hydrogen-bond donors (Lipinski definition) is 2. The normalized spacial score (nSPS) is 11.7. The number of nitrogens with zero attached hydrogens (tertiary/aromatic N) is 1. The minimum Gasteiger partial charge on any atom is -0.456 e. The molecular weight excluding hydrogens is 462 g/mol. The SMILES string of the molecule is CC(=O)N(C)CCNC(=O)[C@H](Cc1ccc(C(=O)OC(C)(C)C)cc1)NC(=O)OCc1ccccc1. The van der Waals surface area contributed by atoms with E-state index in [1.807, 2.05) is 30.3 Å². The van der Waals surface area contributed by atoms with Gasteiger partial charge in [0.25, 0.3) is 0 Å². The van der Waals surface area contributed by atoms with Crippen LogP contribution in [0.1, 0.15) is 49.2 Å². The van der Waals surface area contributed by atoms with E-state index in [0.29, 0.717) is 12.1 Å². The summed E-state index contributed by atoms with van der Waals surface area (Å²) in [4.78, 5) is 50.5. The van der Waals surface area contributed by atoms with Crippen molar-refractivity contribution in [2.24, 2.45) is 0 Å². The fourth-order valence-corrected chi connectivity index (χ4v) is 3.09. The number of carbonyl (C=O) groups excluding carboxylic acids is 4. The molecule has 0 radical (unpaired) electrons. The van der Waals surface area contributed by atoms with Gasteiger partial charge in [-0.2, -0.15) is 0 Å². The van der Waals surface area contributed by atoms with Gasteiger partial charge in [0.05, 0.1) is 5.56 Å². The molecule has 0 aliphatic carbocycles. The first-order valence-corrected chi connectivity index (χ1v) is 11.7. The van der Waals surface area contributed by atoms with Gasteiger partial charge in [-0.1, -0.05) is 42.5 Å². The molecule has 36 heavy (non-hydrogen) atoms. The molecule has 2 aromatic rings. The smallest absolute Gasteiger partial charge is 0.408 e. The van der Waals surface area contributed by atoms with Gasteiger partial charge in [-0.15, -0.1) is 0 Å². The molecule has 3 amide bonds. The second-order valence-electron chi connectivity index (χ2n) is 9.39. The molecule has 0 fully saturated rings. The van der Waals surface area contributed by atoms with Crippen LogP contribution < -0.4 is 10.6 Å². The van der Waals surface area contributed by atoms with Crippen molar-refractivity contribution >= 4 is 23.9 Å². The molecule has 0 aliphatic heterocycles. The van der Waals surface area contributed by atoms with Gasteiger partial charge < -0.3 is 25.0 Å². The maximum atomic E-state index is 12.9. The van der Waals surface area contributed by atoms with Crippen molar-refractivity contribution in [1.82, 2.24) is 15.5 Å². The highest BCUT2D eigenvalue weighted by Crippen LogP contribution is 2.14. The molecule has 2 N–H and O–H groups in total. The third-order valence-corrected chi connectivity index (χ3v) is 5.13. The van der Waals surface area contributed by atoms with E-state index < -0.39 is 29.6 Å². The molecule has 2 rings (SSSR count). The number of esters is 1. The molecule has 1 atom stereocenters. The van der Waals surface area contributed by atoms with Gasteiger partial charge in [-0.3, -0.25) is 9.59 Å². The Morgan fingerprint density at radius 3 is 2.17 bits per heavy atom. The summed E-state index contributed by atoms with van der Waals surface area (Å²) in [6.07, 6.45) is -0.561. The van der Waals surface area contributed by atoms with E-state index in [0.717, 1.165) is 11.1 Å². The van der Waals surface area contributed by atoms with Crippen molar-refractivity contribution in [2.75, 3.05) is 20.1 Å². The van der Waals surface area contributed by atoms with Crippen molar-refractivity contribution < 1.29 is 28.7 Å². The Morgan fingerprint density at radius 1 is 0.944 bits per heavy atom. The third kappa shape index (κ3) is 10.2. The molecule has 9 nitrogen and oxygen atoms in total. The van der Waals surface area contributed by atoms with Crippen molar-refractivity contribution in [3.05, 3.63) is 71.3 Å². The van der Waals surface area contributed by atoms with Gasteiger partial charge in [-0.05, 0) is 44.0 Å². The van der Waals surface area contributed by atoms with Crippen molar-refractivity contribution in [3.8, 4) is 0 Å². The summed E-state index contributed by atoms with van der Waals surface area (Å²) >= 11 is 0. The fourth-order valence-electron chi connectivity index (χ4n) is 3.09. The average Bonchev–Trinajstić information content (AvgIpc) is 2.82. The summed E-state index contributed by atoms with van der Waals surface area (Å²) in [5.74, 6) is -0.978. The highest BCUT2D eigenvalue weighted by Gasteiger charge is 2.23. The molecule has 2 aromatic carbocycles. The first kappa shape index (κ1) is 28.4. The molecule has 0 heterocycles. The standard InChI is InChI=1S/C27H35N3O6/c1-19(31)30(5)16-15-28-24(32)23(29-26(34)35-18-21-9-7-6-8-10-21)17-20-11-13-22(14-12-20)25(33)36-27(2,3)4/h6-14,23H,15-18H2,1-5H3,(H,28,32)(H,29,34)/t23-/m0/s1. The minimum atomic E-state index is -0.928. The number of likely N-dealkylation sites (N-methyl/N-ethyl adjacent to an activating group) is 1. The molecular formula is C27H35N3O6. The Balaban J connectivity index is 2.05. The van der Waals surface area contributed by atoms with E-state index >= 15 is 0 Å². The number of carbonyl (C=O) groups is 4. The lowest BCUT2D eigenvalue weighted by atomic mass is 10.0. The Bertz CT molecular complexity index is 1030. The van der Waals surface area contributed by atoms with Crippen molar-refractivity contribution in [3.63, 3.8) is 0 Å². The second kappa shape index (κ2) is 13.3. The molecule has 194 valence electrons. The number of hydrogen-bond acceptors (Lipinski definition) is 6. The average molecular weight is 498 g/mol. The fraction of sp³-hybridized carbons (Fsp3) is 0.407. The highest BCUT2D eigenvalue weighted by molar-refractivity contribution is 5.90. The van der Waals surface area contributed by atoms with Crippen LogP contribution in [0.5, 0.6) is 0 Å². The van der Waals surface area contributed by atoms with Gasteiger partial charge in [-0.25, -0.2) is 9.59 Å². The molecule has 9 heteroatoms. The van der Waals surface area contributed by atoms with Crippen molar-refractivity contribution in [2.45, 2.75) is 52.4 Å². The van der Waals surface area contributed by atoms with E-state index in [1.54, 1.807) is 52.1 Å². The number of ether oxygens (including phenoxy) is 2. The third-order valence-electron chi connectivity index (χ3n) is 5.13. The van der Waals surface area contributed by atoms with Gasteiger partial charge in [0.1, 0.15) is 18.2 Å². The van der Waals surface area contributed by atoms with Crippen LogP contribution in [0.15, 0.2) is 54.6 Å². The lowest BCUT2D eigenvalue weighted by molar-refractivity contribution is -0.128. The quantitative estimate of drug-likeness (QED) is 0.488. The first-order valence-electron chi connectivity index (χ1n) is 11.7. The van der Waals surface area contributed by atoms with Crippen LogP contribution in [0, 0.1) is 0 Å². The van der Waals surface area contributed by atoms with E-state index in [1.165, 1.54) is 11.8 Å². The summed E-state index contributed by atoms with van der Waals surface area (Å²) in [5.41, 5.74) is 1.32. The van der Waals surface area contributed by atoms with Crippen LogP contribution in [0.3, 0.4) is 0 Å². The van der Waals surface area contributed by atoms with Gasteiger partial charge in [0.15, 0.2) is 0 Å². The molecule has 0 aromatic heterocycles. The maximum Gasteiger partial charge on any atom is 0.408 e. The van der Waals surface area contributed by atoms with Crippen LogP contribution in [0.4, 0.5) is 4.79 Å². The molecule has 0 spiro atoms. The summed E-state index contributed by atoms with van der Waals surface area (Å²) in [6.45, 7) is 7.43. The Labute approximate surface area is 212 Å². The molecule has 0 aliphatic rings. The minimum absolute atomic E-state index is 0.0645. The summed E-state index contributed by atoms with van der Waals surface area (Å²) in [5, 5.41) is 5.37. The molecule has 0 saturated heterocycles. The van der Waals surface area contributed by atoms with E-state index in [2.05, 4.69) is 10.6 Å². The molecule has 0 unspecified atom stereocenters. The van der Waals surface area contributed by atoms with Gasteiger partial charge >= 0.3 is 12.1 Å². The van der Waals surface area contributed by atoms with Crippen LogP contribution in [0.25, 0.3) is 0 Å². The van der Waals surface area contributed by atoms with Gasteiger partial charge in [0.2, 0.25) is 11.8 Å². The summed E-state index contributed by atoms with van der Waals surface area (Å²) in [7, 11) is 1.64. The number of nitrogens with one attached hydrogen (secondary N) is 2. The topological polar surface area (TPSA) is 114 Å². The Morgan fingerprint density at radius 2 is 1.58 bits per heavy atom. The van der Waals surface area contributed by atoms with E-state index in [4.69, 9.17) is 9.47 Å². The largest absolute Gasteiger partial charge is 0.456 e. The van der Waals surface area contributed by atoms with Crippen molar-refractivity contribution in [1.29, 1.82) is 0 Å². The Kier molecular flexibility index (Phi) is 10.5. The molecule has 0 bridgehead atoms. The lowest BCUT2D eigenvalue weighted by Crippen LogP contribution is -2.49. The lowest BCUT2D eigenvalue weighted by Gasteiger charge is -2.21. The summed E-state index contributed by atoms with van der Waals surface area (Å²) < 4.78 is 10.6. The van der Waals surface area contributed by atoms with E-state index in [9.17, 15) is 19.2 Å². The van der Waals surface area contributed by atoms with Crippen LogP contribution in [-0.4, -0.2) is 60.6 Å². The van der Waals surface area contributed by atoms with E-state index in [-0.39, 0.29) is 25.5 Å². The van der Waals surface area contributed by atoms with Crippen LogP contribution in [0.2, 0.25) is 0 Å². The highest BCUT2D eigenvalue weighted by atomic mass is 16.6. The Hall–Kier alpha value is -3.88. The predicted molar refractivity (Wildman–Crippen MR) is 135 cm³/mol.